The first-order valence-electron chi connectivity index (χ1n) is 19.3. The van der Waals surface area contributed by atoms with E-state index in [2.05, 4.69) is 93.1 Å². The van der Waals surface area contributed by atoms with Crippen LogP contribution >= 0.6 is 0 Å². The quantitative estimate of drug-likeness (QED) is 0.0722. The van der Waals surface area contributed by atoms with Gasteiger partial charge in [0, 0.05) is 52.4 Å². The number of rotatable bonds is 16. The Kier molecular flexibility index (Phi) is 12.1. The first kappa shape index (κ1) is 37.7. The molecule has 0 aliphatic heterocycles. The summed E-state index contributed by atoms with van der Waals surface area (Å²) in [6.45, 7) is 10.9. The van der Waals surface area contributed by atoms with Crippen molar-refractivity contribution in [1.82, 2.24) is 4.90 Å². The highest BCUT2D eigenvalue weighted by molar-refractivity contribution is 5.20. The summed E-state index contributed by atoms with van der Waals surface area (Å²) in [5.41, 5.74) is 28.3. The molecule has 13 nitrogen and oxygen atoms in total. The predicted octanol–water partition coefficient (Wildman–Crippen LogP) is 9.25. The fraction of sp³-hybridized carbons (Fsp3) is 0.842. The average Bonchev–Trinajstić information content (AvgIpc) is 3.48. The highest BCUT2D eigenvalue weighted by Crippen LogP contribution is 2.72. The zero-order chi connectivity index (χ0) is 36.1. The fourth-order valence-electron chi connectivity index (χ4n) is 12.5. The molecule has 0 spiro atoms. The van der Waals surface area contributed by atoms with E-state index < -0.39 is 0 Å². The van der Waals surface area contributed by atoms with Gasteiger partial charge in [-0.25, -0.2) is 0 Å². The lowest BCUT2D eigenvalue weighted by Gasteiger charge is -2.66. The molecule has 0 saturated heterocycles. The second-order valence-electron chi connectivity index (χ2n) is 16.8. The van der Waals surface area contributed by atoms with Crippen molar-refractivity contribution in [2.75, 3.05) is 46.5 Å². The second-order valence-corrected chi connectivity index (χ2v) is 16.8. The van der Waals surface area contributed by atoms with Crippen molar-refractivity contribution in [2.45, 2.75) is 109 Å². The SMILES string of the molecule is CN(Cc1ccccc1)C1CC[C@]1(C)[C@H]1CC[C@H]2[C@@H]3[C@H](OCCN=[N+]=[N-])C[C@@H]4C[C@H](OCCN=[N+]=[N-])CC[C@]4(C)[C@H]3C[C@H](OCCN=[N+]=[N-])[C@@]21C. The van der Waals surface area contributed by atoms with Gasteiger partial charge in [0.15, 0.2) is 0 Å². The number of azide groups is 3. The number of hydrogen-bond donors (Lipinski definition) is 0. The van der Waals surface area contributed by atoms with Crippen LogP contribution in [0.1, 0.15) is 84.1 Å². The van der Waals surface area contributed by atoms with E-state index in [9.17, 15) is 0 Å². The van der Waals surface area contributed by atoms with Gasteiger partial charge in [-0.15, -0.1) is 0 Å². The second kappa shape index (κ2) is 16.3. The van der Waals surface area contributed by atoms with E-state index >= 15 is 0 Å². The summed E-state index contributed by atoms with van der Waals surface area (Å²) in [7, 11) is 2.31. The van der Waals surface area contributed by atoms with Gasteiger partial charge in [0.1, 0.15) is 0 Å². The van der Waals surface area contributed by atoms with E-state index in [0.717, 1.165) is 45.1 Å². The highest BCUT2D eigenvalue weighted by Gasteiger charge is 2.69. The van der Waals surface area contributed by atoms with Crippen LogP contribution in [0.25, 0.3) is 31.3 Å². The molecule has 0 heterocycles. The van der Waals surface area contributed by atoms with Gasteiger partial charge in [0.25, 0.3) is 0 Å². The molecule has 5 aliphatic rings. The minimum Gasteiger partial charge on any atom is -0.378 e. The van der Waals surface area contributed by atoms with E-state index in [-0.39, 0.29) is 34.6 Å². The van der Waals surface area contributed by atoms with Crippen LogP contribution in [-0.2, 0) is 20.8 Å². The molecule has 0 radical (unpaired) electrons. The fourth-order valence-corrected chi connectivity index (χ4v) is 12.5. The number of ether oxygens (including phenoxy) is 3. The zero-order valence-corrected chi connectivity index (χ0v) is 31.1. The molecule has 1 unspecified atom stereocenters. The largest absolute Gasteiger partial charge is 0.378 e. The van der Waals surface area contributed by atoms with E-state index in [1.54, 1.807) is 0 Å². The van der Waals surface area contributed by atoms with Crippen LogP contribution in [0.3, 0.4) is 0 Å². The topological polar surface area (TPSA) is 177 Å². The normalized spacial score (nSPS) is 39.7. The van der Waals surface area contributed by atoms with E-state index in [4.69, 9.17) is 30.8 Å². The molecule has 5 saturated carbocycles. The molecule has 5 fully saturated rings. The Morgan fingerprint density at radius 3 is 2.04 bits per heavy atom. The van der Waals surface area contributed by atoms with Gasteiger partial charge in [-0.2, -0.15) is 0 Å². The monoisotopic (exact) mass is 702 g/mol. The summed E-state index contributed by atoms with van der Waals surface area (Å²) in [5.74, 6) is 2.15. The van der Waals surface area contributed by atoms with Crippen molar-refractivity contribution < 1.29 is 14.2 Å². The van der Waals surface area contributed by atoms with Gasteiger partial charge < -0.3 is 14.2 Å². The third-order valence-corrected chi connectivity index (χ3v) is 14.8. The minimum atomic E-state index is -0.0598. The van der Waals surface area contributed by atoms with Crippen molar-refractivity contribution in [1.29, 1.82) is 0 Å². The average molecular weight is 703 g/mol. The highest BCUT2D eigenvalue weighted by atomic mass is 16.5. The first-order valence-corrected chi connectivity index (χ1v) is 19.3. The summed E-state index contributed by atoms with van der Waals surface area (Å²) < 4.78 is 20.0. The standard InChI is InChI=1S/C38H58N10O3/c1-36-14-12-28(49-19-16-42-45-39)22-27(36)23-31(50-20-17-43-46-40)35-29-10-11-32(38(29,3)34(24-30(35)36)51-21-18-44-47-41)37(2)15-13-33(37)48(4)25-26-8-6-5-7-9-26/h5-9,27-35H,10-25H2,1-4H3/t27-,28+,29-,30-,31+,32+,33?,34-,35-,36-,37+,38-/m0/s1. The molecule has 51 heavy (non-hydrogen) atoms. The molecule has 278 valence electrons. The predicted molar refractivity (Wildman–Crippen MR) is 196 cm³/mol. The number of hydrogen-bond acceptors (Lipinski definition) is 7. The Morgan fingerprint density at radius 2 is 1.39 bits per heavy atom. The number of benzene rings is 1. The summed E-state index contributed by atoms with van der Waals surface area (Å²) in [6.07, 6.45) is 10.0. The molecular formula is C38H58N10O3. The van der Waals surface area contributed by atoms with Crippen molar-refractivity contribution in [3.8, 4) is 0 Å². The molecule has 12 atom stereocenters. The van der Waals surface area contributed by atoms with Crippen molar-refractivity contribution >= 4 is 0 Å². The summed E-state index contributed by atoms with van der Waals surface area (Å²) >= 11 is 0. The maximum Gasteiger partial charge on any atom is 0.0637 e. The Bertz CT molecular complexity index is 1480. The van der Waals surface area contributed by atoms with Gasteiger partial charge in [-0.05, 0) is 127 Å². The molecule has 1 aromatic rings. The van der Waals surface area contributed by atoms with Crippen molar-refractivity contribution in [2.24, 2.45) is 61.2 Å². The Labute approximate surface area is 303 Å². The lowest BCUT2D eigenvalue weighted by atomic mass is 9.41. The number of nitrogens with zero attached hydrogens (tertiary/aromatic N) is 10. The first-order chi connectivity index (χ1) is 24.7. The van der Waals surface area contributed by atoms with Gasteiger partial charge in [-0.3, -0.25) is 4.90 Å². The molecule has 13 heteroatoms. The van der Waals surface area contributed by atoms with Crippen LogP contribution in [0.2, 0.25) is 0 Å². The van der Waals surface area contributed by atoms with Gasteiger partial charge in [0.2, 0.25) is 0 Å². The molecule has 0 bridgehead atoms. The molecule has 0 N–H and O–H groups in total. The van der Waals surface area contributed by atoms with Gasteiger partial charge in [0.05, 0.1) is 38.1 Å². The smallest absolute Gasteiger partial charge is 0.0637 e. The summed E-state index contributed by atoms with van der Waals surface area (Å²) in [4.78, 5) is 11.5. The molecular weight excluding hydrogens is 644 g/mol. The lowest BCUT2D eigenvalue weighted by Crippen LogP contribution is -2.66. The zero-order valence-electron chi connectivity index (χ0n) is 31.1. The van der Waals surface area contributed by atoms with Crippen LogP contribution in [-0.4, -0.2) is 75.8 Å². The minimum absolute atomic E-state index is 0.0554. The van der Waals surface area contributed by atoms with Crippen LogP contribution in [0.15, 0.2) is 45.7 Å². The van der Waals surface area contributed by atoms with Crippen LogP contribution in [0, 0.1) is 45.8 Å². The third-order valence-electron chi connectivity index (χ3n) is 14.8. The Hall–Kier alpha value is -3.01. The van der Waals surface area contributed by atoms with Crippen molar-refractivity contribution in [3.63, 3.8) is 0 Å². The van der Waals surface area contributed by atoms with Crippen LogP contribution in [0.5, 0.6) is 0 Å². The summed E-state index contributed by atoms with van der Waals surface area (Å²) in [5, 5.41) is 11.3. The van der Waals surface area contributed by atoms with Crippen LogP contribution < -0.4 is 0 Å². The molecule has 5 aliphatic carbocycles. The van der Waals surface area contributed by atoms with E-state index in [1.807, 2.05) is 0 Å². The van der Waals surface area contributed by atoms with Gasteiger partial charge >= 0.3 is 0 Å². The van der Waals surface area contributed by atoms with Crippen molar-refractivity contribution in [3.05, 3.63) is 67.2 Å². The molecule has 0 amide bonds. The van der Waals surface area contributed by atoms with E-state index in [1.165, 1.54) is 24.8 Å². The van der Waals surface area contributed by atoms with Gasteiger partial charge in [-0.1, -0.05) is 66.4 Å². The Morgan fingerprint density at radius 1 is 0.745 bits per heavy atom. The molecule has 0 aromatic heterocycles. The molecule has 6 rings (SSSR count). The Balaban J connectivity index is 1.30. The summed E-state index contributed by atoms with van der Waals surface area (Å²) in [6, 6.07) is 11.3. The lowest BCUT2D eigenvalue weighted by molar-refractivity contribution is -0.237. The third kappa shape index (κ3) is 7.32. The number of fused-ring (bicyclic) bond motifs is 5. The van der Waals surface area contributed by atoms with E-state index in [0.29, 0.717) is 75.1 Å². The maximum atomic E-state index is 9.06. The molecule has 1 aromatic carbocycles. The maximum absolute atomic E-state index is 9.06. The van der Waals surface area contributed by atoms with Crippen LogP contribution in [0.4, 0.5) is 0 Å².